The summed E-state index contributed by atoms with van der Waals surface area (Å²) in [6.07, 6.45) is 0.512. The van der Waals surface area contributed by atoms with Crippen LogP contribution in [0.5, 0.6) is 5.75 Å². The lowest BCUT2D eigenvalue weighted by Gasteiger charge is -2.26. The van der Waals surface area contributed by atoms with Crippen molar-refractivity contribution in [2.75, 3.05) is 13.7 Å². The average Bonchev–Trinajstić information content (AvgIpc) is 2.42. The van der Waals surface area contributed by atoms with Crippen molar-refractivity contribution in [3.8, 4) is 5.75 Å². The molecule has 0 spiro atoms. The lowest BCUT2D eigenvalue weighted by molar-refractivity contribution is -0.137. The van der Waals surface area contributed by atoms with Gasteiger partial charge in [0.1, 0.15) is 5.75 Å². The molecule has 0 aliphatic carbocycles. The molecule has 1 rings (SSSR count). The molecule has 110 valence electrons. The van der Waals surface area contributed by atoms with Crippen LogP contribution in [0, 0.1) is 0 Å². The van der Waals surface area contributed by atoms with Crippen LogP contribution in [0.15, 0.2) is 24.3 Å². The number of benzene rings is 1. The number of aliphatic carboxylic acids is 1. The van der Waals surface area contributed by atoms with Gasteiger partial charge in [0.05, 0.1) is 7.11 Å². The van der Waals surface area contributed by atoms with E-state index in [-0.39, 0.29) is 18.4 Å². The van der Waals surface area contributed by atoms with Gasteiger partial charge in [0.25, 0.3) is 5.91 Å². The molecule has 0 fully saturated rings. The van der Waals surface area contributed by atoms with Gasteiger partial charge < -0.3 is 14.7 Å². The quantitative estimate of drug-likeness (QED) is 0.832. The van der Waals surface area contributed by atoms with E-state index in [1.54, 1.807) is 36.3 Å². The van der Waals surface area contributed by atoms with Crippen molar-refractivity contribution >= 4 is 11.9 Å². The minimum absolute atomic E-state index is 0.0162. The number of carbonyl (C=O) groups excluding carboxylic acids is 1. The fourth-order valence-corrected chi connectivity index (χ4v) is 1.92. The standard InChI is InChI=1S/C15H21NO4/c1-11(2)16(9-5-8-14(17)18)15(19)12-6-4-7-13(10-12)20-3/h4,6-7,10-11H,5,8-9H2,1-3H3,(H,17,18). The average molecular weight is 279 g/mol. The van der Waals surface area contributed by atoms with Gasteiger partial charge in [0, 0.05) is 24.6 Å². The zero-order chi connectivity index (χ0) is 15.1. The summed E-state index contributed by atoms with van der Waals surface area (Å²) in [6.45, 7) is 4.26. The van der Waals surface area contributed by atoms with Crippen LogP contribution in [-0.2, 0) is 4.79 Å². The van der Waals surface area contributed by atoms with E-state index in [1.807, 2.05) is 13.8 Å². The topological polar surface area (TPSA) is 66.8 Å². The van der Waals surface area contributed by atoms with E-state index in [0.29, 0.717) is 24.3 Å². The maximum atomic E-state index is 12.5. The molecular formula is C15H21NO4. The number of carbonyl (C=O) groups is 2. The van der Waals surface area contributed by atoms with Gasteiger partial charge in [-0.15, -0.1) is 0 Å². The van der Waals surface area contributed by atoms with E-state index in [0.717, 1.165) is 0 Å². The Morgan fingerprint density at radius 3 is 2.60 bits per heavy atom. The lowest BCUT2D eigenvalue weighted by Crippen LogP contribution is -2.37. The molecule has 0 unspecified atom stereocenters. The summed E-state index contributed by atoms with van der Waals surface area (Å²) < 4.78 is 5.11. The highest BCUT2D eigenvalue weighted by molar-refractivity contribution is 5.94. The second-order valence-corrected chi connectivity index (χ2v) is 4.82. The van der Waals surface area contributed by atoms with Crippen molar-refractivity contribution in [3.63, 3.8) is 0 Å². The van der Waals surface area contributed by atoms with Gasteiger partial charge in [-0.05, 0) is 38.5 Å². The monoisotopic (exact) mass is 279 g/mol. The van der Waals surface area contributed by atoms with Gasteiger partial charge in [-0.1, -0.05) is 6.07 Å². The van der Waals surface area contributed by atoms with Crippen LogP contribution < -0.4 is 4.74 Å². The molecule has 0 aliphatic heterocycles. The van der Waals surface area contributed by atoms with Crippen molar-refractivity contribution < 1.29 is 19.4 Å². The number of hydrogen-bond acceptors (Lipinski definition) is 3. The maximum Gasteiger partial charge on any atom is 0.303 e. The number of hydrogen-bond donors (Lipinski definition) is 1. The highest BCUT2D eigenvalue weighted by Gasteiger charge is 2.19. The fourth-order valence-electron chi connectivity index (χ4n) is 1.92. The van der Waals surface area contributed by atoms with Crippen LogP contribution >= 0.6 is 0 Å². The van der Waals surface area contributed by atoms with Gasteiger partial charge in [-0.3, -0.25) is 9.59 Å². The highest BCUT2D eigenvalue weighted by atomic mass is 16.5. The minimum atomic E-state index is -0.845. The second kappa shape index (κ2) is 7.53. The molecule has 1 aromatic rings. The van der Waals surface area contributed by atoms with Crippen molar-refractivity contribution in [2.45, 2.75) is 32.7 Å². The Labute approximate surface area is 119 Å². The molecule has 5 nitrogen and oxygen atoms in total. The predicted octanol–water partition coefficient (Wildman–Crippen LogP) is 2.41. The normalized spacial score (nSPS) is 10.4. The van der Waals surface area contributed by atoms with Crippen molar-refractivity contribution in [1.82, 2.24) is 4.90 Å². The molecule has 20 heavy (non-hydrogen) atoms. The molecule has 0 saturated heterocycles. The van der Waals surface area contributed by atoms with Crippen LogP contribution in [0.1, 0.15) is 37.0 Å². The first kappa shape index (κ1) is 16.0. The summed E-state index contributed by atoms with van der Waals surface area (Å²) in [7, 11) is 1.55. The maximum absolute atomic E-state index is 12.5. The molecule has 0 atom stereocenters. The molecule has 0 bridgehead atoms. The molecule has 0 aromatic heterocycles. The number of nitrogens with zero attached hydrogens (tertiary/aromatic N) is 1. The van der Waals surface area contributed by atoms with Gasteiger partial charge in [-0.25, -0.2) is 0 Å². The Morgan fingerprint density at radius 2 is 2.05 bits per heavy atom. The zero-order valence-electron chi connectivity index (χ0n) is 12.1. The van der Waals surface area contributed by atoms with Crippen LogP contribution in [-0.4, -0.2) is 41.6 Å². The van der Waals surface area contributed by atoms with E-state index in [4.69, 9.17) is 9.84 Å². The highest BCUT2D eigenvalue weighted by Crippen LogP contribution is 2.16. The smallest absolute Gasteiger partial charge is 0.303 e. The van der Waals surface area contributed by atoms with Gasteiger partial charge in [-0.2, -0.15) is 0 Å². The largest absolute Gasteiger partial charge is 0.497 e. The number of ether oxygens (including phenoxy) is 1. The Balaban J connectivity index is 2.79. The van der Waals surface area contributed by atoms with Crippen LogP contribution in [0.3, 0.4) is 0 Å². The first-order valence-electron chi connectivity index (χ1n) is 6.62. The number of carboxylic acids is 1. The SMILES string of the molecule is COc1cccc(C(=O)N(CCCC(=O)O)C(C)C)c1. The van der Waals surface area contributed by atoms with E-state index in [2.05, 4.69) is 0 Å². The zero-order valence-corrected chi connectivity index (χ0v) is 12.1. The van der Waals surface area contributed by atoms with Crippen molar-refractivity contribution in [1.29, 1.82) is 0 Å². The van der Waals surface area contributed by atoms with Gasteiger partial charge >= 0.3 is 5.97 Å². The predicted molar refractivity (Wildman–Crippen MR) is 76.0 cm³/mol. The molecule has 0 saturated carbocycles. The Kier molecular flexibility index (Phi) is 6.03. The molecule has 1 amide bonds. The number of amides is 1. The summed E-state index contributed by atoms with van der Waals surface area (Å²) in [6, 6.07) is 6.98. The fraction of sp³-hybridized carbons (Fsp3) is 0.467. The van der Waals surface area contributed by atoms with E-state index < -0.39 is 5.97 Å². The van der Waals surface area contributed by atoms with Crippen molar-refractivity contribution in [3.05, 3.63) is 29.8 Å². The summed E-state index contributed by atoms with van der Waals surface area (Å²) in [5, 5.41) is 8.67. The Morgan fingerprint density at radius 1 is 1.35 bits per heavy atom. The molecule has 0 aliphatic rings. The summed E-state index contributed by atoms with van der Waals surface area (Å²) in [5.74, 6) is -0.322. The minimum Gasteiger partial charge on any atom is -0.497 e. The third-order valence-corrected chi connectivity index (χ3v) is 2.99. The number of carboxylic acid groups (broad SMARTS) is 1. The molecule has 1 N–H and O–H groups in total. The first-order valence-corrected chi connectivity index (χ1v) is 6.62. The molecule has 1 aromatic carbocycles. The summed E-state index contributed by atoms with van der Waals surface area (Å²) in [4.78, 5) is 24.7. The van der Waals surface area contributed by atoms with Gasteiger partial charge in [0.15, 0.2) is 0 Å². The molecular weight excluding hydrogens is 258 g/mol. The number of rotatable bonds is 7. The van der Waals surface area contributed by atoms with E-state index in [1.165, 1.54) is 0 Å². The van der Waals surface area contributed by atoms with Crippen molar-refractivity contribution in [2.24, 2.45) is 0 Å². The number of methoxy groups -OCH3 is 1. The third kappa shape index (κ3) is 4.57. The Bertz CT molecular complexity index is 471. The van der Waals surface area contributed by atoms with Crippen LogP contribution in [0.4, 0.5) is 0 Å². The van der Waals surface area contributed by atoms with E-state index >= 15 is 0 Å². The first-order chi connectivity index (χ1) is 9.45. The van der Waals surface area contributed by atoms with Crippen LogP contribution in [0.25, 0.3) is 0 Å². The lowest BCUT2D eigenvalue weighted by atomic mass is 10.1. The third-order valence-electron chi connectivity index (χ3n) is 2.99. The van der Waals surface area contributed by atoms with E-state index in [9.17, 15) is 9.59 Å². The molecule has 5 heteroatoms. The molecule has 0 radical (unpaired) electrons. The second-order valence-electron chi connectivity index (χ2n) is 4.82. The van der Waals surface area contributed by atoms with Gasteiger partial charge in [0.2, 0.25) is 0 Å². The Hall–Kier alpha value is -2.04. The summed E-state index contributed by atoms with van der Waals surface area (Å²) in [5.41, 5.74) is 0.549. The molecule has 0 heterocycles. The summed E-state index contributed by atoms with van der Waals surface area (Å²) >= 11 is 0. The van der Waals surface area contributed by atoms with Crippen LogP contribution in [0.2, 0.25) is 0 Å².